The molecular formula is C16H20BNO3. The van der Waals surface area contributed by atoms with Crippen molar-refractivity contribution >= 4 is 18.4 Å². The van der Waals surface area contributed by atoms with Crippen LogP contribution in [-0.2, 0) is 14.1 Å². The van der Waals surface area contributed by atoms with E-state index in [1.807, 2.05) is 52.0 Å². The zero-order valence-corrected chi connectivity index (χ0v) is 13.1. The molecule has 0 aromatic heterocycles. The number of nitrogens with zero attached hydrogens (tertiary/aromatic N) is 1. The third-order valence-electron chi connectivity index (χ3n) is 4.31. The van der Waals surface area contributed by atoms with Crippen molar-refractivity contribution in [2.24, 2.45) is 0 Å². The number of carbonyl (C=O) groups is 1. The average Bonchev–Trinajstić information content (AvgIpc) is 2.59. The number of nitriles is 1. The lowest BCUT2D eigenvalue weighted by molar-refractivity contribution is -0.117. The summed E-state index contributed by atoms with van der Waals surface area (Å²) in [5.41, 5.74) is 0.677. The highest BCUT2D eigenvalue weighted by Crippen LogP contribution is 2.36. The fourth-order valence-corrected chi connectivity index (χ4v) is 2.26. The van der Waals surface area contributed by atoms with Crippen molar-refractivity contribution in [1.29, 1.82) is 5.26 Å². The van der Waals surface area contributed by atoms with Crippen molar-refractivity contribution in [3.05, 3.63) is 29.8 Å². The van der Waals surface area contributed by atoms with Gasteiger partial charge in [-0.1, -0.05) is 24.3 Å². The van der Waals surface area contributed by atoms with Crippen molar-refractivity contribution in [3.8, 4) is 6.07 Å². The van der Waals surface area contributed by atoms with Gasteiger partial charge in [-0.2, -0.15) is 5.26 Å². The lowest BCUT2D eigenvalue weighted by Gasteiger charge is -2.32. The van der Waals surface area contributed by atoms with Gasteiger partial charge in [-0.25, -0.2) is 0 Å². The van der Waals surface area contributed by atoms with Crippen LogP contribution in [-0.4, -0.2) is 24.1 Å². The molecule has 2 rings (SSSR count). The van der Waals surface area contributed by atoms with Crippen molar-refractivity contribution in [1.82, 2.24) is 0 Å². The topological polar surface area (TPSA) is 59.3 Å². The number of ketones is 1. The van der Waals surface area contributed by atoms with E-state index >= 15 is 0 Å². The van der Waals surface area contributed by atoms with Crippen LogP contribution in [0.1, 0.15) is 46.1 Å². The molecule has 1 aromatic carbocycles. The van der Waals surface area contributed by atoms with Gasteiger partial charge in [-0.05, 0) is 45.6 Å². The van der Waals surface area contributed by atoms with E-state index in [4.69, 9.17) is 14.6 Å². The van der Waals surface area contributed by atoms with E-state index < -0.39 is 24.2 Å². The van der Waals surface area contributed by atoms with Crippen LogP contribution in [0.3, 0.4) is 0 Å². The lowest BCUT2D eigenvalue weighted by atomic mass is 9.77. The van der Waals surface area contributed by atoms with E-state index in [1.54, 1.807) is 6.07 Å². The Labute approximate surface area is 126 Å². The molecule has 1 atom stereocenters. The second kappa shape index (κ2) is 5.29. The van der Waals surface area contributed by atoms with Gasteiger partial charge in [0.1, 0.15) is 5.92 Å². The molecule has 0 amide bonds. The van der Waals surface area contributed by atoms with Crippen molar-refractivity contribution in [3.63, 3.8) is 0 Å². The van der Waals surface area contributed by atoms with Gasteiger partial charge in [0.05, 0.1) is 17.3 Å². The first kappa shape index (κ1) is 15.7. The highest BCUT2D eigenvalue weighted by atomic mass is 16.7. The molecule has 4 nitrogen and oxygen atoms in total. The average molecular weight is 285 g/mol. The van der Waals surface area contributed by atoms with E-state index in [0.717, 1.165) is 5.46 Å². The minimum atomic E-state index is -0.743. The SMILES string of the molecule is CC(=O)[C@H](C#N)c1cccc(B2OC(C)(C)C(C)(C)O2)c1. The Morgan fingerprint density at radius 3 is 2.29 bits per heavy atom. The summed E-state index contributed by atoms with van der Waals surface area (Å²) in [7, 11) is -0.485. The maximum atomic E-state index is 11.5. The lowest BCUT2D eigenvalue weighted by Crippen LogP contribution is -2.41. The third-order valence-corrected chi connectivity index (χ3v) is 4.31. The Morgan fingerprint density at radius 2 is 1.81 bits per heavy atom. The maximum absolute atomic E-state index is 11.5. The molecule has 21 heavy (non-hydrogen) atoms. The zero-order chi connectivity index (χ0) is 15.8. The third kappa shape index (κ3) is 2.87. The molecule has 0 spiro atoms. The molecule has 0 aliphatic carbocycles. The molecule has 1 aliphatic rings. The molecule has 0 N–H and O–H groups in total. The summed E-state index contributed by atoms with van der Waals surface area (Å²) in [4.78, 5) is 11.5. The van der Waals surface area contributed by atoms with Gasteiger partial charge < -0.3 is 9.31 Å². The van der Waals surface area contributed by atoms with Gasteiger partial charge >= 0.3 is 7.12 Å². The number of carbonyl (C=O) groups excluding carboxylic acids is 1. The molecule has 0 bridgehead atoms. The molecule has 1 aromatic rings. The van der Waals surface area contributed by atoms with Crippen LogP contribution in [0.15, 0.2) is 24.3 Å². The highest BCUT2D eigenvalue weighted by molar-refractivity contribution is 6.62. The summed E-state index contributed by atoms with van der Waals surface area (Å²) >= 11 is 0. The van der Waals surface area contributed by atoms with Crippen molar-refractivity contribution < 1.29 is 14.1 Å². The van der Waals surface area contributed by atoms with Gasteiger partial charge in [0, 0.05) is 0 Å². The first-order valence-corrected chi connectivity index (χ1v) is 7.03. The molecule has 0 saturated carbocycles. The number of benzene rings is 1. The van der Waals surface area contributed by atoms with E-state index in [-0.39, 0.29) is 5.78 Å². The normalized spacial score (nSPS) is 20.9. The van der Waals surface area contributed by atoms with Gasteiger partial charge in [0.25, 0.3) is 0 Å². The van der Waals surface area contributed by atoms with E-state index in [1.165, 1.54) is 6.92 Å². The molecule has 110 valence electrons. The second-order valence-electron chi connectivity index (χ2n) is 6.43. The Bertz CT molecular complexity index is 588. The molecule has 5 heteroatoms. The first-order valence-electron chi connectivity index (χ1n) is 7.03. The van der Waals surface area contributed by atoms with Crippen LogP contribution in [0.25, 0.3) is 0 Å². The fourth-order valence-electron chi connectivity index (χ4n) is 2.26. The van der Waals surface area contributed by atoms with Crippen LogP contribution < -0.4 is 5.46 Å². The van der Waals surface area contributed by atoms with Crippen molar-refractivity contribution in [2.45, 2.75) is 51.7 Å². The summed E-state index contributed by atoms with van der Waals surface area (Å²) < 4.78 is 12.0. The van der Waals surface area contributed by atoms with E-state index in [9.17, 15) is 4.79 Å². The standard InChI is InChI=1S/C16H20BNO3/c1-11(19)14(10-18)12-7-6-8-13(9-12)17-20-15(2,3)16(4,5)21-17/h6-9,14H,1-5H3/t14-/m0/s1. The van der Waals surface area contributed by atoms with Crippen LogP contribution >= 0.6 is 0 Å². The number of rotatable bonds is 3. The number of hydrogen-bond acceptors (Lipinski definition) is 4. The van der Waals surface area contributed by atoms with Gasteiger partial charge in [0.2, 0.25) is 0 Å². The largest absolute Gasteiger partial charge is 0.494 e. The Balaban J connectivity index is 2.32. The molecule has 1 heterocycles. The number of hydrogen-bond donors (Lipinski definition) is 0. The first-order chi connectivity index (χ1) is 9.68. The second-order valence-corrected chi connectivity index (χ2v) is 6.43. The highest BCUT2D eigenvalue weighted by Gasteiger charge is 2.51. The number of Topliss-reactive ketones (excluding diaryl/α,β-unsaturated/α-hetero) is 1. The molecule has 0 radical (unpaired) electrons. The molecule has 1 fully saturated rings. The predicted octanol–water partition coefficient (Wildman–Crippen LogP) is 2.18. The summed E-state index contributed by atoms with van der Waals surface area (Å²) in [5.74, 6) is -0.907. The maximum Gasteiger partial charge on any atom is 0.494 e. The van der Waals surface area contributed by atoms with Gasteiger partial charge in [-0.15, -0.1) is 0 Å². The molecule has 1 saturated heterocycles. The van der Waals surface area contributed by atoms with Crippen molar-refractivity contribution in [2.75, 3.05) is 0 Å². The van der Waals surface area contributed by atoms with Crippen LogP contribution in [0, 0.1) is 11.3 Å². The minimum Gasteiger partial charge on any atom is -0.399 e. The minimum absolute atomic E-state index is 0.163. The van der Waals surface area contributed by atoms with E-state index in [2.05, 4.69) is 0 Å². The van der Waals surface area contributed by atoms with Crippen LogP contribution in [0.4, 0.5) is 0 Å². The monoisotopic (exact) mass is 285 g/mol. The Morgan fingerprint density at radius 1 is 1.24 bits per heavy atom. The smallest absolute Gasteiger partial charge is 0.399 e. The molecular weight excluding hydrogens is 265 g/mol. The molecule has 0 unspecified atom stereocenters. The molecule has 1 aliphatic heterocycles. The Kier molecular flexibility index (Phi) is 3.96. The van der Waals surface area contributed by atoms with Gasteiger partial charge in [0.15, 0.2) is 5.78 Å². The summed E-state index contributed by atoms with van der Waals surface area (Å²) in [6, 6.07) is 9.35. The fraction of sp³-hybridized carbons (Fsp3) is 0.500. The zero-order valence-electron chi connectivity index (χ0n) is 13.1. The van der Waals surface area contributed by atoms with Crippen LogP contribution in [0.2, 0.25) is 0 Å². The van der Waals surface area contributed by atoms with E-state index in [0.29, 0.717) is 5.56 Å². The quantitative estimate of drug-likeness (QED) is 0.799. The van der Waals surface area contributed by atoms with Crippen LogP contribution in [0.5, 0.6) is 0 Å². The predicted molar refractivity (Wildman–Crippen MR) is 81.2 cm³/mol. The van der Waals surface area contributed by atoms with Gasteiger partial charge in [-0.3, -0.25) is 4.79 Å². The summed E-state index contributed by atoms with van der Waals surface area (Å²) in [5, 5.41) is 9.14. The summed E-state index contributed by atoms with van der Waals surface area (Å²) in [6.45, 7) is 9.39. The Hall–Kier alpha value is -1.64. The summed E-state index contributed by atoms with van der Waals surface area (Å²) in [6.07, 6.45) is 0.